The van der Waals surface area contributed by atoms with Gasteiger partial charge >= 0.3 is 0 Å². The monoisotopic (exact) mass is 225 g/mol. The molecule has 0 aromatic heterocycles. The highest BCUT2D eigenvalue weighted by atomic mass is 19.1. The van der Waals surface area contributed by atoms with Crippen LogP contribution in [0.15, 0.2) is 29.4 Å². The third-order valence-corrected chi connectivity index (χ3v) is 2.56. The quantitative estimate of drug-likeness (QED) is 0.354. The number of nitrogens with two attached hydrogens (primary N) is 1. The Balaban J connectivity index is 2.78. The highest BCUT2D eigenvalue weighted by Crippen LogP contribution is 2.20. The minimum atomic E-state index is -0.249. The maximum absolute atomic E-state index is 13.5. The van der Waals surface area contributed by atoms with Crippen molar-refractivity contribution in [2.45, 2.75) is 13.0 Å². The van der Waals surface area contributed by atoms with Gasteiger partial charge in [-0.15, -0.1) is 0 Å². The van der Waals surface area contributed by atoms with E-state index in [-0.39, 0.29) is 24.2 Å². The molecule has 0 heterocycles. The first-order chi connectivity index (χ1) is 7.56. The van der Waals surface area contributed by atoms with Crippen LogP contribution >= 0.6 is 0 Å². The zero-order valence-electron chi connectivity index (χ0n) is 9.39. The molecule has 0 fully saturated rings. The van der Waals surface area contributed by atoms with Crippen molar-refractivity contribution in [3.8, 4) is 0 Å². The Morgan fingerprint density at radius 2 is 2.19 bits per heavy atom. The Morgan fingerprint density at radius 1 is 1.56 bits per heavy atom. The summed E-state index contributed by atoms with van der Waals surface area (Å²) in [5.74, 6) is -0.146. The van der Waals surface area contributed by atoms with Crippen molar-refractivity contribution < 1.29 is 9.60 Å². The fourth-order valence-electron chi connectivity index (χ4n) is 1.48. The lowest BCUT2D eigenvalue weighted by molar-refractivity contribution is 0.278. The third kappa shape index (κ3) is 2.93. The van der Waals surface area contributed by atoms with Crippen LogP contribution in [-0.2, 0) is 0 Å². The van der Waals surface area contributed by atoms with Gasteiger partial charge in [0.05, 0.1) is 6.54 Å². The molecule has 1 aromatic rings. The van der Waals surface area contributed by atoms with Crippen molar-refractivity contribution in [3.63, 3.8) is 0 Å². The molecular weight excluding hydrogens is 209 g/mol. The number of likely N-dealkylation sites (N-methyl/N-ethyl adjacent to an activating group) is 1. The zero-order chi connectivity index (χ0) is 12.1. The van der Waals surface area contributed by atoms with Gasteiger partial charge in [-0.25, -0.2) is 4.39 Å². The molecule has 0 bridgehead atoms. The SMILES string of the molecule is CC(c1ccccc1F)N(C)CC(N)=NO. The van der Waals surface area contributed by atoms with Gasteiger partial charge in [-0.3, -0.25) is 4.90 Å². The standard InChI is InChI=1S/C11H16FN3O/c1-8(15(2)7-11(13)14-16)9-5-3-4-6-10(9)12/h3-6,8,16H,7H2,1-2H3,(H2,13,14). The second kappa shape index (κ2) is 5.46. The third-order valence-electron chi connectivity index (χ3n) is 2.56. The summed E-state index contributed by atoms with van der Waals surface area (Å²) in [4.78, 5) is 1.80. The molecule has 16 heavy (non-hydrogen) atoms. The number of nitrogens with zero attached hydrogens (tertiary/aromatic N) is 2. The van der Waals surface area contributed by atoms with Crippen LogP contribution in [0.1, 0.15) is 18.5 Å². The Hall–Kier alpha value is -1.62. The number of amidine groups is 1. The van der Waals surface area contributed by atoms with Crippen LogP contribution < -0.4 is 5.73 Å². The van der Waals surface area contributed by atoms with E-state index in [0.29, 0.717) is 5.56 Å². The molecule has 3 N–H and O–H groups in total. The summed E-state index contributed by atoms with van der Waals surface area (Å²) >= 11 is 0. The van der Waals surface area contributed by atoms with Crippen LogP contribution in [0.3, 0.4) is 0 Å². The Bertz CT molecular complexity index is 381. The molecule has 1 aromatic carbocycles. The maximum atomic E-state index is 13.5. The Labute approximate surface area is 94.2 Å². The Kier molecular flexibility index (Phi) is 4.25. The minimum absolute atomic E-state index is 0.102. The fraction of sp³-hybridized carbons (Fsp3) is 0.364. The van der Waals surface area contributed by atoms with Crippen molar-refractivity contribution in [2.24, 2.45) is 10.9 Å². The van der Waals surface area contributed by atoms with E-state index in [9.17, 15) is 4.39 Å². The summed E-state index contributed by atoms with van der Waals surface area (Å²) < 4.78 is 13.5. The molecule has 1 rings (SSSR count). The van der Waals surface area contributed by atoms with Crippen molar-refractivity contribution >= 4 is 5.84 Å². The number of hydrogen-bond donors (Lipinski definition) is 2. The largest absolute Gasteiger partial charge is 0.409 e. The number of rotatable bonds is 4. The first-order valence-electron chi connectivity index (χ1n) is 4.97. The molecule has 0 aliphatic heterocycles. The summed E-state index contributed by atoms with van der Waals surface area (Å²) in [7, 11) is 1.79. The number of oxime groups is 1. The molecule has 4 nitrogen and oxygen atoms in total. The highest BCUT2D eigenvalue weighted by Gasteiger charge is 2.15. The van der Waals surface area contributed by atoms with Crippen LogP contribution in [-0.4, -0.2) is 29.5 Å². The van der Waals surface area contributed by atoms with Crippen molar-refractivity contribution in [1.82, 2.24) is 4.90 Å². The van der Waals surface area contributed by atoms with Crippen molar-refractivity contribution in [1.29, 1.82) is 0 Å². The van der Waals surface area contributed by atoms with Gasteiger partial charge in [-0.1, -0.05) is 23.4 Å². The number of halogens is 1. The van der Waals surface area contributed by atoms with Gasteiger partial charge in [0.1, 0.15) is 5.82 Å². The average molecular weight is 225 g/mol. The van der Waals surface area contributed by atoms with E-state index in [0.717, 1.165) is 0 Å². The summed E-state index contributed by atoms with van der Waals surface area (Å²) in [5, 5.41) is 11.3. The topological polar surface area (TPSA) is 61.8 Å². The summed E-state index contributed by atoms with van der Waals surface area (Å²) in [6.45, 7) is 2.15. The predicted octanol–water partition coefficient (Wildman–Crippen LogP) is 1.56. The lowest BCUT2D eigenvalue weighted by atomic mass is 10.1. The zero-order valence-corrected chi connectivity index (χ0v) is 9.39. The molecule has 0 saturated carbocycles. The molecule has 1 unspecified atom stereocenters. The van der Waals surface area contributed by atoms with Gasteiger partial charge in [0.15, 0.2) is 5.84 Å². The summed E-state index contributed by atoms with van der Waals surface area (Å²) in [5.41, 5.74) is 5.99. The van der Waals surface area contributed by atoms with Gasteiger partial charge in [-0.05, 0) is 20.0 Å². The lowest BCUT2D eigenvalue weighted by Gasteiger charge is -2.24. The normalized spacial score (nSPS) is 14.1. The van der Waals surface area contributed by atoms with E-state index < -0.39 is 0 Å². The lowest BCUT2D eigenvalue weighted by Crippen LogP contribution is -2.33. The second-order valence-corrected chi connectivity index (χ2v) is 3.70. The molecular formula is C11H16FN3O. The van der Waals surface area contributed by atoms with E-state index in [1.165, 1.54) is 6.07 Å². The molecule has 0 radical (unpaired) electrons. The van der Waals surface area contributed by atoms with Crippen LogP contribution in [0.4, 0.5) is 4.39 Å². The smallest absolute Gasteiger partial charge is 0.153 e. The van der Waals surface area contributed by atoms with Crippen LogP contribution in [0.25, 0.3) is 0 Å². The molecule has 5 heteroatoms. The van der Waals surface area contributed by atoms with Crippen LogP contribution in [0.2, 0.25) is 0 Å². The molecule has 88 valence electrons. The van der Waals surface area contributed by atoms with Crippen LogP contribution in [0, 0.1) is 5.82 Å². The van der Waals surface area contributed by atoms with Gasteiger partial charge in [-0.2, -0.15) is 0 Å². The highest BCUT2D eigenvalue weighted by molar-refractivity contribution is 5.81. The minimum Gasteiger partial charge on any atom is -0.409 e. The fourth-order valence-corrected chi connectivity index (χ4v) is 1.48. The molecule has 1 atom stereocenters. The van der Waals surface area contributed by atoms with Gasteiger partial charge in [0.2, 0.25) is 0 Å². The van der Waals surface area contributed by atoms with E-state index in [1.54, 1.807) is 30.1 Å². The van der Waals surface area contributed by atoms with Crippen molar-refractivity contribution in [2.75, 3.05) is 13.6 Å². The predicted molar refractivity (Wildman–Crippen MR) is 60.9 cm³/mol. The molecule has 0 aliphatic carbocycles. The van der Waals surface area contributed by atoms with E-state index in [2.05, 4.69) is 5.16 Å². The molecule has 0 saturated heterocycles. The van der Waals surface area contributed by atoms with Gasteiger partial charge in [0, 0.05) is 11.6 Å². The Morgan fingerprint density at radius 3 is 2.75 bits per heavy atom. The maximum Gasteiger partial charge on any atom is 0.153 e. The number of benzene rings is 1. The van der Waals surface area contributed by atoms with Gasteiger partial charge in [0.25, 0.3) is 0 Å². The summed E-state index contributed by atoms with van der Waals surface area (Å²) in [6, 6.07) is 6.44. The first kappa shape index (κ1) is 12.4. The second-order valence-electron chi connectivity index (χ2n) is 3.70. The van der Waals surface area contributed by atoms with Gasteiger partial charge < -0.3 is 10.9 Å². The van der Waals surface area contributed by atoms with E-state index in [4.69, 9.17) is 10.9 Å². The summed E-state index contributed by atoms with van der Waals surface area (Å²) in [6.07, 6.45) is 0. The van der Waals surface area contributed by atoms with Crippen LogP contribution in [0.5, 0.6) is 0 Å². The number of hydrogen-bond acceptors (Lipinski definition) is 3. The molecule has 0 spiro atoms. The van der Waals surface area contributed by atoms with E-state index in [1.807, 2.05) is 6.92 Å². The first-order valence-corrected chi connectivity index (χ1v) is 4.97. The average Bonchev–Trinajstić information content (AvgIpc) is 2.28. The molecule has 0 amide bonds. The molecule has 0 aliphatic rings. The van der Waals surface area contributed by atoms with E-state index >= 15 is 0 Å². The van der Waals surface area contributed by atoms with Crippen molar-refractivity contribution in [3.05, 3.63) is 35.6 Å².